The molecule has 0 heterocycles. The third kappa shape index (κ3) is 6.37. The first-order valence-corrected chi connectivity index (χ1v) is 18.2. The number of Topliss-reactive ketones (excluding diaryl/α,β-unsaturated/α-hetero) is 1. The van der Waals surface area contributed by atoms with Crippen LogP contribution in [0.15, 0.2) is 93.6 Å². The number of sulfonamides is 1. The number of ketones is 1. The van der Waals surface area contributed by atoms with E-state index in [9.17, 15) is 26.2 Å². The van der Waals surface area contributed by atoms with Gasteiger partial charge in [-0.1, -0.05) is 49.7 Å². The highest BCUT2D eigenvalue weighted by molar-refractivity contribution is 7.96. The van der Waals surface area contributed by atoms with E-state index in [1.165, 1.54) is 79.9 Å². The Hall–Kier alpha value is -2.83. The molecule has 1 N–H and O–H groups in total. The molecule has 0 bridgehead atoms. The van der Waals surface area contributed by atoms with Crippen LogP contribution >= 0.6 is 19.2 Å². The van der Waals surface area contributed by atoms with Crippen molar-refractivity contribution in [2.45, 2.75) is 41.8 Å². The first kappa shape index (κ1) is 33.1. The molecule has 1 unspecified atom stereocenters. The van der Waals surface area contributed by atoms with Gasteiger partial charge in [0, 0.05) is 16.1 Å². The zero-order valence-corrected chi connectivity index (χ0v) is 26.9. The minimum atomic E-state index is -4.69. The summed E-state index contributed by atoms with van der Waals surface area (Å²) in [7, 11) is -12.4. The van der Waals surface area contributed by atoms with E-state index < -0.39 is 43.4 Å². The van der Waals surface area contributed by atoms with Gasteiger partial charge in [0.1, 0.15) is 10.7 Å². The fourth-order valence-electron chi connectivity index (χ4n) is 4.47. The molecule has 230 valence electrons. The lowest BCUT2D eigenvalue weighted by Gasteiger charge is -2.40. The molecule has 0 saturated heterocycles. The predicted octanol–water partition coefficient (Wildman–Crippen LogP) is 6.08. The molecule has 0 fully saturated rings. The Morgan fingerprint density at radius 2 is 1.40 bits per heavy atom. The summed E-state index contributed by atoms with van der Waals surface area (Å²) in [6.07, 6.45) is 1.61. The van der Waals surface area contributed by atoms with Gasteiger partial charge in [-0.05, 0) is 67.4 Å². The smallest absolute Gasteiger partial charge is 0.360 e. The number of hydrogen-bond acceptors (Lipinski definition) is 9. The van der Waals surface area contributed by atoms with Gasteiger partial charge in [-0.2, -0.15) is 4.72 Å². The Kier molecular flexibility index (Phi) is 10.0. The van der Waals surface area contributed by atoms with E-state index in [2.05, 4.69) is 4.72 Å². The lowest BCUT2D eigenvalue weighted by Crippen LogP contribution is -2.48. The highest BCUT2D eigenvalue weighted by Crippen LogP contribution is 2.67. The van der Waals surface area contributed by atoms with Crippen molar-refractivity contribution in [1.29, 1.82) is 0 Å². The van der Waals surface area contributed by atoms with Gasteiger partial charge < -0.3 is 13.8 Å². The number of nitrogens with one attached hydrogen (secondary N) is 1. The lowest BCUT2D eigenvalue weighted by atomic mass is 9.92. The number of carbonyl (C=O) groups excluding carboxylic acids is 1. The second kappa shape index (κ2) is 13.0. The highest BCUT2D eigenvalue weighted by atomic mass is 35.5. The standard InChI is InChI=1S/C29H31ClNO9PS2/c1-4-18-39-41(33,40-19-5-2)29(31-43(36,37)24-16-12-22(38-3)13-17-24)20-27(28(32)25-8-6-7-9-26(25)29)42(34,35)23-14-10-21(30)11-15-23/h6-17,20,31H,4-5,18-19H2,1-3H3. The van der Waals surface area contributed by atoms with Gasteiger partial charge in [0.25, 0.3) is 0 Å². The van der Waals surface area contributed by atoms with Crippen LogP contribution in [0.2, 0.25) is 5.02 Å². The second-order valence-electron chi connectivity index (χ2n) is 9.55. The predicted molar refractivity (Wildman–Crippen MR) is 163 cm³/mol. The maximum atomic E-state index is 15.0. The zero-order valence-electron chi connectivity index (χ0n) is 23.6. The van der Waals surface area contributed by atoms with Crippen molar-refractivity contribution in [3.8, 4) is 5.75 Å². The van der Waals surface area contributed by atoms with Gasteiger partial charge in [0.15, 0.2) is 5.28 Å². The fraction of sp³-hybridized carbons (Fsp3) is 0.276. The van der Waals surface area contributed by atoms with Crippen molar-refractivity contribution < 1.29 is 40.0 Å². The number of carbonyl (C=O) groups is 1. The van der Waals surface area contributed by atoms with Gasteiger partial charge in [-0.25, -0.2) is 16.8 Å². The van der Waals surface area contributed by atoms with Crippen LogP contribution in [-0.2, 0) is 38.8 Å². The topological polar surface area (TPSA) is 142 Å². The lowest BCUT2D eigenvalue weighted by molar-refractivity contribution is 0.103. The van der Waals surface area contributed by atoms with E-state index in [-0.39, 0.29) is 39.2 Å². The SMILES string of the molecule is CCCOP(=O)(OCCC)C1(NS(=O)(=O)c2ccc(OC)cc2)C=C(S(=O)(=O)c2ccc(Cl)cc2)C(=O)c2ccccc21. The number of benzene rings is 3. The number of sulfone groups is 1. The van der Waals surface area contributed by atoms with E-state index in [0.717, 1.165) is 6.08 Å². The molecule has 1 aliphatic rings. The minimum Gasteiger partial charge on any atom is -0.497 e. The largest absolute Gasteiger partial charge is 0.497 e. The molecule has 3 aromatic rings. The summed E-state index contributed by atoms with van der Waals surface area (Å²) in [5.74, 6) is -0.524. The van der Waals surface area contributed by atoms with Crippen molar-refractivity contribution in [3.63, 3.8) is 0 Å². The third-order valence-electron chi connectivity index (χ3n) is 6.58. The molecule has 4 rings (SSSR count). The van der Waals surface area contributed by atoms with Gasteiger partial charge in [-0.3, -0.25) is 9.36 Å². The van der Waals surface area contributed by atoms with E-state index >= 15 is 0 Å². The number of hydrogen-bond donors (Lipinski definition) is 1. The monoisotopic (exact) mass is 667 g/mol. The summed E-state index contributed by atoms with van der Waals surface area (Å²) >= 11 is 5.96. The van der Waals surface area contributed by atoms with Crippen molar-refractivity contribution in [2.24, 2.45) is 0 Å². The van der Waals surface area contributed by atoms with Crippen LogP contribution in [0.5, 0.6) is 5.75 Å². The fourth-order valence-corrected chi connectivity index (χ4v) is 10.2. The average Bonchev–Trinajstić information content (AvgIpc) is 3.00. The summed E-state index contributed by atoms with van der Waals surface area (Å²) in [4.78, 5) is 12.5. The van der Waals surface area contributed by atoms with Gasteiger partial charge >= 0.3 is 7.60 Å². The van der Waals surface area contributed by atoms with Gasteiger partial charge in [0.05, 0.1) is 30.1 Å². The number of methoxy groups -OCH3 is 1. The normalized spacial score (nSPS) is 17.3. The molecule has 1 atom stereocenters. The summed E-state index contributed by atoms with van der Waals surface area (Å²) in [6.45, 7) is 3.28. The second-order valence-corrected chi connectivity index (χ2v) is 15.8. The molecular formula is C29H31ClNO9PS2. The van der Waals surface area contributed by atoms with E-state index in [1.807, 2.05) is 0 Å². The Morgan fingerprint density at radius 3 is 1.95 bits per heavy atom. The van der Waals surface area contributed by atoms with Crippen LogP contribution in [-0.4, -0.2) is 42.9 Å². The van der Waals surface area contributed by atoms with Crippen molar-refractivity contribution >= 4 is 44.8 Å². The molecule has 1 aliphatic carbocycles. The van der Waals surface area contributed by atoms with E-state index in [4.69, 9.17) is 25.4 Å². The zero-order chi connectivity index (χ0) is 31.5. The Balaban J connectivity index is 2.08. The summed E-state index contributed by atoms with van der Waals surface area (Å²) in [5, 5.41) is -2.20. The third-order valence-corrected chi connectivity index (χ3v) is 12.6. The van der Waals surface area contributed by atoms with Crippen molar-refractivity contribution in [1.82, 2.24) is 4.72 Å². The van der Waals surface area contributed by atoms with Gasteiger partial charge in [-0.15, -0.1) is 0 Å². The quantitative estimate of drug-likeness (QED) is 0.215. The molecule has 10 nitrogen and oxygen atoms in total. The van der Waals surface area contributed by atoms with Crippen LogP contribution in [0.1, 0.15) is 42.6 Å². The van der Waals surface area contributed by atoms with Crippen LogP contribution in [0.25, 0.3) is 0 Å². The molecule has 0 amide bonds. The van der Waals surface area contributed by atoms with Crippen LogP contribution in [0.4, 0.5) is 0 Å². The summed E-state index contributed by atoms with van der Waals surface area (Å²) < 4.78 is 90.2. The Bertz CT molecular complexity index is 1780. The molecule has 14 heteroatoms. The molecule has 43 heavy (non-hydrogen) atoms. The number of rotatable bonds is 13. The van der Waals surface area contributed by atoms with Gasteiger partial charge in [0.2, 0.25) is 25.6 Å². The number of ether oxygens (including phenoxy) is 1. The highest BCUT2D eigenvalue weighted by Gasteiger charge is 2.58. The molecule has 0 saturated carbocycles. The van der Waals surface area contributed by atoms with E-state index in [0.29, 0.717) is 18.6 Å². The minimum absolute atomic E-state index is 0.0808. The van der Waals surface area contributed by atoms with Crippen LogP contribution in [0, 0.1) is 0 Å². The van der Waals surface area contributed by atoms with Crippen molar-refractivity contribution in [2.75, 3.05) is 20.3 Å². The molecular weight excluding hydrogens is 637 g/mol. The van der Waals surface area contributed by atoms with Crippen LogP contribution < -0.4 is 9.46 Å². The first-order chi connectivity index (χ1) is 20.3. The maximum absolute atomic E-state index is 15.0. The number of allylic oxidation sites excluding steroid dienone is 1. The maximum Gasteiger partial charge on any atom is 0.360 e. The number of fused-ring (bicyclic) bond motifs is 1. The first-order valence-electron chi connectivity index (χ1n) is 13.3. The Morgan fingerprint density at radius 1 is 0.837 bits per heavy atom. The van der Waals surface area contributed by atoms with Crippen LogP contribution in [0.3, 0.4) is 0 Å². The molecule has 0 aliphatic heterocycles. The summed E-state index contributed by atoms with van der Waals surface area (Å²) in [5.41, 5.74) is -0.266. The molecule has 3 aromatic carbocycles. The van der Waals surface area contributed by atoms with E-state index in [1.54, 1.807) is 13.8 Å². The number of halogens is 1. The summed E-state index contributed by atoms with van der Waals surface area (Å²) in [6, 6.07) is 16.2. The molecule has 0 radical (unpaired) electrons. The van der Waals surface area contributed by atoms with Crippen molar-refractivity contribution in [3.05, 3.63) is 99.9 Å². The molecule has 0 spiro atoms. The Labute approximate surface area is 256 Å². The average molecular weight is 668 g/mol. The molecule has 0 aromatic heterocycles.